The summed E-state index contributed by atoms with van der Waals surface area (Å²) in [6.07, 6.45) is 1.02. The van der Waals surface area contributed by atoms with Crippen molar-refractivity contribution in [2.45, 2.75) is 38.8 Å². The van der Waals surface area contributed by atoms with E-state index in [1.807, 2.05) is 23.6 Å². The minimum Gasteiger partial charge on any atom is -0.325 e. The fourth-order valence-corrected chi connectivity index (χ4v) is 2.83. The molecule has 0 aromatic carbocycles. The predicted octanol–water partition coefficient (Wildman–Crippen LogP) is 0.453. The number of fused-ring (bicyclic) bond motifs is 2. The van der Waals surface area contributed by atoms with Gasteiger partial charge in [-0.2, -0.15) is 0 Å². The van der Waals surface area contributed by atoms with Crippen molar-refractivity contribution < 1.29 is 9.59 Å². The molecule has 5 nitrogen and oxygen atoms in total. The van der Waals surface area contributed by atoms with Crippen molar-refractivity contribution in [2.24, 2.45) is 0 Å². The van der Waals surface area contributed by atoms with Gasteiger partial charge in [-0.25, -0.2) is 4.79 Å². The Morgan fingerprint density at radius 1 is 1.29 bits per heavy atom. The molecule has 2 fully saturated rings. The maximum Gasteiger partial charge on any atom is 0.320 e. The lowest BCUT2D eigenvalue weighted by atomic mass is 9.91. The van der Waals surface area contributed by atoms with Crippen LogP contribution in [-0.2, 0) is 4.79 Å². The van der Waals surface area contributed by atoms with Crippen LogP contribution in [0.3, 0.4) is 0 Å². The second-order valence-corrected chi connectivity index (χ2v) is 4.77. The second-order valence-electron chi connectivity index (χ2n) is 4.77. The summed E-state index contributed by atoms with van der Waals surface area (Å²) in [6.45, 7) is 6.93. The maximum atomic E-state index is 12.4. The first-order valence-electron chi connectivity index (χ1n) is 6.47. The van der Waals surface area contributed by atoms with Gasteiger partial charge in [-0.1, -0.05) is 0 Å². The highest BCUT2D eigenvalue weighted by atomic mass is 16.2. The van der Waals surface area contributed by atoms with Gasteiger partial charge >= 0.3 is 6.03 Å². The van der Waals surface area contributed by atoms with E-state index >= 15 is 0 Å². The number of nitrogens with zero attached hydrogens (tertiary/aromatic N) is 2. The third kappa shape index (κ3) is 2.29. The van der Waals surface area contributed by atoms with Gasteiger partial charge in [0.25, 0.3) is 0 Å². The van der Waals surface area contributed by atoms with E-state index < -0.39 is 0 Å². The van der Waals surface area contributed by atoms with Gasteiger partial charge in [-0.05, 0) is 13.8 Å². The Hall–Kier alpha value is -1.10. The molecule has 0 saturated carbocycles. The summed E-state index contributed by atoms with van der Waals surface area (Å²) in [5.74, 6) is 0.296. The van der Waals surface area contributed by atoms with Crippen LogP contribution in [0.25, 0.3) is 0 Å². The van der Waals surface area contributed by atoms with Crippen molar-refractivity contribution in [1.29, 1.82) is 0 Å². The number of rotatable bonds is 2. The Morgan fingerprint density at radius 3 is 2.29 bits per heavy atom. The highest BCUT2D eigenvalue weighted by Crippen LogP contribution is 2.24. The quantitative estimate of drug-likeness (QED) is 0.761. The number of piperazine rings is 1. The Kier molecular flexibility index (Phi) is 3.66. The number of Topliss-reactive ketones (excluding diaryl/α,β-unsaturated/α-hetero) is 1. The van der Waals surface area contributed by atoms with E-state index in [4.69, 9.17) is 0 Å². The van der Waals surface area contributed by atoms with E-state index in [1.165, 1.54) is 0 Å². The number of hydrogen-bond donors (Lipinski definition) is 1. The molecule has 2 saturated heterocycles. The lowest BCUT2D eigenvalue weighted by Crippen LogP contribution is -2.65. The van der Waals surface area contributed by atoms with Crippen LogP contribution < -0.4 is 5.32 Å². The average Bonchev–Trinajstić information content (AvgIpc) is 2.29. The van der Waals surface area contributed by atoms with Gasteiger partial charge < -0.3 is 15.1 Å². The van der Waals surface area contributed by atoms with Crippen LogP contribution in [0.4, 0.5) is 4.79 Å². The first-order chi connectivity index (χ1) is 8.17. The molecule has 2 bridgehead atoms. The van der Waals surface area contributed by atoms with Gasteiger partial charge in [0.2, 0.25) is 0 Å². The summed E-state index contributed by atoms with van der Waals surface area (Å²) in [5.41, 5.74) is 0. The molecule has 5 heteroatoms. The molecule has 0 spiro atoms. The van der Waals surface area contributed by atoms with Gasteiger partial charge in [-0.15, -0.1) is 0 Å². The number of amides is 2. The van der Waals surface area contributed by atoms with E-state index in [9.17, 15) is 9.59 Å². The Balaban J connectivity index is 2.14. The highest BCUT2D eigenvalue weighted by Gasteiger charge is 2.41. The normalized spacial score (nSPS) is 28.1. The SMILES string of the molecule is CCN(CC)C(=O)N1C2CNCC1CC(=O)C2. The average molecular weight is 239 g/mol. The van der Waals surface area contributed by atoms with E-state index in [0.29, 0.717) is 18.6 Å². The number of ketones is 1. The van der Waals surface area contributed by atoms with E-state index in [2.05, 4.69) is 5.32 Å². The molecule has 0 aliphatic carbocycles. The van der Waals surface area contributed by atoms with Crippen LogP contribution in [0.15, 0.2) is 0 Å². The summed E-state index contributed by atoms with van der Waals surface area (Å²) in [5, 5.41) is 3.30. The lowest BCUT2D eigenvalue weighted by Gasteiger charge is -2.47. The molecule has 2 aliphatic rings. The fourth-order valence-electron chi connectivity index (χ4n) is 2.83. The van der Waals surface area contributed by atoms with Crippen molar-refractivity contribution in [3.8, 4) is 0 Å². The Bertz CT molecular complexity index is 299. The number of hydrogen-bond acceptors (Lipinski definition) is 3. The molecule has 2 heterocycles. The number of carbonyl (C=O) groups excluding carboxylic acids is 2. The van der Waals surface area contributed by atoms with Crippen molar-refractivity contribution in [1.82, 2.24) is 15.1 Å². The third-order valence-corrected chi connectivity index (χ3v) is 3.73. The van der Waals surface area contributed by atoms with Crippen LogP contribution in [-0.4, -0.2) is 59.9 Å². The third-order valence-electron chi connectivity index (χ3n) is 3.73. The molecule has 2 amide bonds. The molecule has 2 aliphatic heterocycles. The van der Waals surface area contributed by atoms with Crippen LogP contribution >= 0.6 is 0 Å². The van der Waals surface area contributed by atoms with Crippen molar-refractivity contribution >= 4 is 11.8 Å². The van der Waals surface area contributed by atoms with Crippen molar-refractivity contribution in [2.75, 3.05) is 26.2 Å². The molecule has 17 heavy (non-hydrogen) atoms. The fraction of sp³-hybridized carbons (Fsp3) is 0.833. The Morgan fingerprint density at radius 2 is 1.82 bits per heavy atom. The summed E-state index contributed by atoms with van der Waals surface area (Å²) in [4.78, 5) is 27.7. The van der Waals surface area contributed by atoms with E-state index in [1.54, 1.807) is 0 Å². The summed E-state index contributed by atoms with van der Waals surface area (Å²) in [6, 6.07) is 0.213. The van der Waals surface area contributed by atoms with Crippen molar-refractivity contribution in [3.63, 3.8) is 0 Å². The first kappa shape index (κ1) is 12.4. The van der Waals surface area contributed by atoms with Crippen molar-refractivity contribution in [3.05, 3.63) is 0 Å². The van der Waals surface area contributed by atoms with Gasteiger partial charge in [-0.3, -0.25) is 4.79 Å². The minimum absolute atomic E-state index is 0.0584. The number of nitrogens with one attached hydrogen (secondary N) is 1. The second kappa shape index (κ2) is 5.04. The van der Waals surface area contributed by atoms with Crippen LogP contribution in [0.1, 0.15) is 26.7 Å². The molecule has 2 unspecified atom stereocenters. The molecule has 2 atom stereocenters. The van der Waals surface area contributed by atoms with Crippen LogP contribution in [0.5, 0.6) is 0 Å². The number of carbonyl (C=O) groups is 2. The molecule has 0 aromatic rings. The molecule has 2 rings (SSSR count). The zero-order chi connectivity index (χ0) is 12.4. The van der Waals surface area contributed by atoms with E-state index in [-0.39, 0.29) is 18.1 Å². The first-order valence-corrected chi connectivity index (χ1v) is 6.47. The standard InChI is InChI=1S/C12H21N3O2/c1-3-14(4-2)12(17)15-9-5-11(16)6-10(15)8-13-7-9/h9-10,13H,3-8H2,1-2H3. The zero-order valence-corrected chi connectivity index (χ0v) is 10.6. The Labute approximate surface area is 102 Å². The largest absolute Gasteiger partial charge is 0.325 e. The predicted molar refractivity (Wildman–Crippen MR) is 64.8 cm³/mol. The maximum absolute atomic E-state index is 12.4. The summed E-state index contributed by atoms with van der Waals surface area (Å²) in [7, 11) is 0. The molecule has 96 valence electrons. The zero-order valence-electron chi connectivity index (χ0n) is 10.6. The summed E-state index contributed by atoms with van der Waals surface area (Å²) < 4.78 is 0. The van der Waals surface area contributed by atoms with Crippen LogP contribution in [0.2, 0.25) is 0 Å². The van der Waals surface area contributed by atoms with Gasteiger partial charge in [0, 0.05) is 39.0 Å². The topological polar surface area (TPSA) is 52.7 Å². The number of urea groups is 1. The van der Waals surface area contributed by atoms with Gasteiger partial charge in [0.15, 0.2) is 0 Å². The molecule has 1 N–H and O–H groups in total. The molecule has 0 aromatic heterocycles. The monoisotopic (exact) mass is 239 g/mol. The van der Waals surface area contributed by atoms with E-state index in [0.717, 1.165) is 26.2 Å². The molecular weight excluding hydrogens is 218 g/mol. The highest BCUT2D eigenvalue weighted by molar-refractivity contribution is 5.84. The van der Waals surface area contributed by atoms with Gasteiger partial charge in [0.05, 0.1) is 12.1 Å². The molecule has 0 radical (unpaired) electrons. The molecular formula is C12H21N3O2. The smallest absolute Gasteiger partial charge is 0.320 e. The number of piperidine rings is 1. The van der Waals surface area contributed by atoms with Gasteiger partial charge in [0.1, 0.15) is 5.78 Å². The van der Waals surface area contributed by atoms with Crippen LogP contribution in [0, 0.1) is 0 Å². The summed E-state index contributed by atoms with van der Waals surface area (Å²) >= 11 is 0. The minimum atomic E-state index is 0.0584. The lowest BCUT2D eigenvalue weighted by molar-refractivity contribution is -0.125.